The highest BCUT2D eigenvalue weighted by Gasteiger charge is 2.00. The molecule has 0 radical (unpaired) electrons. The van der Waals surface area contributed by atoms with Gasteiger partial charge in [0.1, 0.15) is 0 Å². The zero-order chi connectivity index (χ0) is 8.43. The molecule has 0 bridgehead atoms. The summed E-state index contributed by atoms with van der Waals surface area (Å²) >= 11 is 3.35. The van der Waals surface area contributed by atoms with E-state index in [2.05, 4.69) is 15.9 Å². The van der Waals surface area contributed by atoms with Crippen LogP contribution in [0, 0.1) is 6.92 Å². The van der Waals surface area contributed by atoms with Gasteiger partial charge in [0.05, 0.1) is 5.69 Å². The molecule has 1 N–H and O–H groups in total. The number of benzene rings is 1. The molecule has 1 rings (SSSR count). The maximum atomic E-state index is 9.11. The Balaban J connectivity index is 3.09. The lowest BCUT2D eigenvalue weighted by Crippen LogP contribution is -2.10. The highest BCUT2D eigenvalue weighted by molar-refractivity contribution is 9.10. The second-order valence-corrected chi connectivity index (χ2v) is 3.37. The van der Waals surface area contributed by atoms with Crippen molar-refractivity contribution < 1.29 is 5.21 Å². The molecule has 0 saturated carbocycles. The quantitative estimate of drug-likeness (QED) is 0.729. The number of rotatable bonds is 1. The highest BCUT2D eigenvalue weighted by Crippen LogP contribution is 2.21. The molecule has 0 unspecified atom stereocenters. The third-order valence-corrected chi connectivity index (χ3v) is 2.00. The molecular formula is C8H10BrNO. The number of aryl methyl sites for hydroxylation is 1. The fourth-order valence-electron chi connectivity index (χ4n) is 0.982. The molecule has 0 atom stereocenters. The Bertz CT molecular complexity index is 260. The molecule has 0 fully saturated rings. The van der Waals surface area contributed by atoms with Crippen LogP contribution in [0.15, 0.2) is 22.7 Å². The molecule has 0 aliphatic heterocycles. The van der Waals surface area contributed by atoms with Crippen molar-refractivity contribution in [1.29, 1.82) is 0 Å². The van der Waals surface area contributed by atoms with Gasteiger partial charge >= 0.3 is 0 Å². The van der Waals surface area contributed by atoms with Crippen molar-refractivity contribution >= 4 is 21.6 Å². The molecule has 3 heteroatoms. The lowest BCUT2D eigenvalue weighted by atomic mass is 10.2. The van der Waals surface area contributed by atoms with Gasteiger partial charge in [0.15, 0.2) is 0 Å². The second kappa shape index (κ2) is 3.24. The number of hydroxylamine groups is 1. The van der Waals surface area contributed by atoms with Crippen LogP contribution in [0.2, 0.25) is 0 Å². The third-order valence-electron chi connectivity index (χ3n) is 1.51. The smallest absolute Gasteiger partial charge is 0.0660 e. The van der Waals surface area contributed by atoms with Crippen LogP contribution in [0.4, 0.5) is 5.69 Å². The molecule has 1 aromatic carbocycles. The van der Waals surface area contributed by atoms with Gasteiger partial charge in [-0.3, -0.25) is 10.3 Å². The molecule has 60 valence electrons. The van der Waals surface area contributed by atoms with Gasteiger partial charge in [-0.05, 0) is 30.7 Å². The van der Waals surface area contributed by atoms with Crippen molar-refractivity contribution in [2.24, 2.45) is 0 Å². The summed E-state index contributed by atoms with van der Waals surface area (Å²) in [5, 5.41) is 10.2. The molecule has 0 saturated heterocycles. The molecule has 0 spiro atoms. The Morgan fingerprint density at radius 3 is 2.55 bits per heavy atom. The average molecular weight is 216 g/mol. The first-order valence-corrected chi connectivity index (χ1v) is 4.09. The Kier molecular flexibility index (Phi) is 2.52. The first-order chi connectivity index (χ1) is 5.11. The Morgan fingerprint density at radius 1 is 1.45 bits per heavy atom. The minimum atomic E-state index is 0.827. The minimum absolute atomic E-state index is 0.827. The van der Waals surface area contributed by atoms with E-state index in [1.165, 1.54) is 0 Å². The summed E-state index contributed by atoms with van der Waals surface area (Å²) in [5.41, 5.74) is 1.87. The maximum Gasteiger partial charge on any atom is 0.0660 e. The molecule has 1 aromatic rings. The Hall–Kier alpha value is -0.540. The van der Waals surface area contributed by atoms with Crippen LogP contribution >= 0.6 is 15.9 Å². The summed E-state index contributed by atoms with van der Waals surface area (Å²) in [5.74, 6) is 0. The van der Waals surface area contributed by atoms with Crippen LogP contribution in [0.25, 0.3) is 0 Å². The number of nitrogens with zero attached hydrogens (tertiary/aromatic N) is 1. The van der Waals surface area contributed by atoms with Crippen molar-refractivity contribution in [1.82, 2.24) is 0 Å². The fourth-order valence-corrected chi connectivity index (χ4v) is 1.46. The standard InChI is InChI=1S/C8H10BrNO/c1-6-5-7(9)3-4-8(6)10(2)11/h3-5,11H,1-2H3. The first-order valence-electron chi connectivity index (χ1n) is 3.30. The molecule has 0 aliphatic carbocycles. The Morgan fingerprint density at radius 2 is 2.09 bits per heavy atom. The largest absolute Gasteiger partial charge is 0.289 e. The van der Waals surface area contributed by atoms with Crippen LogP contribution in [0.1, 0.15) is 5.56 Å². The number of anilines is 1. The van der Waals surface area contributed by atoms with Gasteiger partial charge in [-0.15, -0.1) is 0 Å². The van der Waals surface area contributed by atoms with E-state index in [9.17, 15) is 0 Å². The van der Waals surface area contributed by atoms with E-state index in [-0.39, 0.29) is 0 Å². The number of hydrogen-bond donors (Lipinski definition) is 1. The van der Waals surface area contributed by atoms with E-state index in [0.717, 1.165) is 20.8 Å². The van der Waals surface area contributed by atoms with E-state index in [4.69, 9.17) is 5.21 Å². The minimum Gasteiger partial charge on any atom is -0.289 e. The van der Waals surface area contributed by atoms with E-state index < -0.39 is 0 Å². The van der Waals surface area contributed by atoms with Crippen LogP contribution in [-0.2, 0) is 0 Å². The number of halogens is 1. The molecule has 0 aliphatic rings. The van der Waals surface area contributed by atoms with Gasteiger partial charge in [-0.25, -0.2) is 0 Å². The van der Waals surface area contributed by atoms with Gasteiger partial charge in [-0.2, -0.15) is 0 Å². The molecular weight excluding hydrogens is 206 g/mol. The van der Waals surface area contributed by atoms with Crippen molar-refractivity contribution in [3.63, 3.8) is 0 Å². The van der Waals surface area contributed by atoms with Crippen LogP contribution < -0.4 is 5.06 Å². The first kappa shape index (κ1) is 8.56. The molecule has 11 heavy (non-hydrogen) atoms. The van der Waals surface area contributed by atoms with E-state index in [1.54, 1.807) is 7.05 Å². The van der Waals surface area contributed by atoms with E-state index >= 15 is 0 Å². The van der Waals surface area contributed by atoms with E-state index in [0.29, 0.717) is 0 Å². The Labute approximate surface area is 74.5 Å². The van der Waals surface area contributed by atoms with Gasteiger partial charge in [-0.1, -0.05) is 15.9 Å². The summed E-state index contributed by atoms with van der Waals surface area (Å²) in [6.45, 7) is 1.95. The zero-order valence-electron chi connectivity index (χ0n) is 6.50. The van der Waals surface area contributed by atoms with Gasteiger partial charge in [0.2, 0.25) is 0 Å². The zero-order valence-corrected chi connectivity index (χ0v) is 8.09. The highest BCUT2D eigenvalue weighted by atomic mass is 79.9. The monoisotopic (exact) mass is 215 g/mol. The fraction of sp³-hybridized carbons (Fsp3) is 0.250. The van der Waals surface area contributed by atoms with Crippen molar-refractivity contribution in [2.75, 3.05) is 12.1 Å². The van der Waals surface area contributed by atoms with Gasteiger partial charge in [0, 0.05) is 11.5 Å². The maximum absolute atomic E-state index is 9.11. The van der Waals surface area contributed by atoms with Crippen molar-refractivity contribution in [3.8, 4) is 0 Å². The summed E-state index contributed by atoms with van der Waals surface area (Å²) in [7, 11) is 1.61. The van der Waals surface area contributed by atoms with Gasteiger partial charge in [0.25, 0.3) is 0 Å². The number of hydrogen-bond acceptors (Lipinski definition) is 2. The van der Waals surface area contributed by atoms with Crippen molar-refractivity contribution in [2.45, 2.75) is 6.92 Å². The van der Waals surface area contributed by atoms with Crippen LogP contribution in [0.3, 0.4) is 0 Å². The van der Waals surface area contributed by atoms with E-state index in [1.807, 2.05) is 25.1 Å². The SMILES string of the molecule is Cc1cc(Br)ccc1N(C)O. The van der Waals surface area contributed by atoms with Crippen LogP contribution in [-0.4, -0.2) is 12.3 Å². The molecule has 0 heterocycles. The average Bonchev–Trinajstić information content (AvgIpc) is 1.85. The lowest BCUT2D eigenvalue weighted by molar-refractivity contribution is 0.279. The normalized spacial score (nSPS) is 9.82. The molecule has 2 nitrogen and oxygen atoms in total. The summed E-state index contributed by atoms with van der Waals surface area (Å²) < 4.78 is 1.03. The van der Waals surface area contributed by atoms with Gasteiger partial charge < -0.3 is 0 Å². The predicted octanol–water partition coefficient (Wildman–Crippen LogP) is 2.58. The third kappa shape index (κ3) is 1.94. The predicted molar refractivity (Wildman–Crippen MR) is 49.1 cm³/mol. The van der Waals surface area contributed by atoms with Crippen LogP contribution in [0.5, 0.6) is 0 Å². The summed E-state index contributed by atoms with van der Waals surface area (Å²) in [6, 6.07) is 5.72. The lowest BCUT2D eigenvalue weighted by Gasteiger charge is -2.12. The van der Waals surface area contributed by atoms with Crippen molar-refractivity contribution in [3.05, 3.63) is 28.2 Å². The molecule has 0 amide bonds. The summed E-state index contributed by atoms with van der Waals surface area (Å²) in [4.78, 5) is 0. The second-order valence-electron chi connectivity index (χ2n) is 2.45. The topological polar surface area (TPSA) is 23.5 Å². The summed E-state index contributed by atoms with van der Waals surface area (Å²) in [6.07, 6.45) is 0. The molecule has 0 aromatic heterocycles.